The van der Waals surface area contributed by atoms with Crippen LogP contribution in [-0.2, 0) is 9.59 Å². The summed E-state index contributed by atoms with van der Waals surface area (Å²) in [7, 11) is 0. The number of imide groups is 2. The molecule has 244 valence electrons. The average molecular weight is 650 g/mol. The number of fused-ring (bicyclic) bond motifs is 1. The Morgan fingerprint density at radius 2 is 1.67 bits per heavy atom. The number of hydrogen-bond donors (Lipinski definition) is 6. The molecule has 0 aromatic heterocycles. The highest BCUT2D eigenvalue weighted by molar-refractivity contribution is 6.27. The number of phenols is 1. The molecule has 13 heteroatoms. The Balaban J connectivity index is 0.965. The number of carbonyl (C=O) groups is 4. The van der Waals surface area contributed by atoms with Crippen molar-refractivity contribution < 1.29 is 28.7 Å². The molecule has 7 rings (SSSR count). The summed E-state index contributed by atoms with van der Waals surface area (Å²) in [5, 5.41) is 32.2. The number of piperidine rings is 1. The fourth-order valence-corrected chi connectivity index (χ4v) is 7.22. The molecule has 1 aliphatic carbocycles. The van der Waals surface area contributed by atoms with E-state index in [0.29, 0.717) is 29.8 Å². The van der Waals surface area contributed by atoms with Crippen LogP contribution in [0.15, 0.2) is 66.7 Å². The summed E-state index contributed by atoms with van der Waals surface area (Å²) >= 11 is 0. The predicted octanol–water partition coefficient (Wildman–Crippen LogP) is 3.40. The molecule has 3 heterocycles. The number of amidine groups is 1. The second-order valence-electron chi connectivity index (χ2n) is 12.9. The van der Waals surface area contributed by atoms with Gasteiger partial charge in [-0.05, 0) is 67.3 Å². The van der Waals surface area contributed by atoms with Crippen molar-refractivity contribution in [3.8, 4) is 5.75 Å². The Bertz CT molecular complexity index is 1960. The van der Waals surface area contributed by atoms with Gasteiger partial charge in [-0.1, -0.05) is 24.3 Å². The fourth-order valence-electron chi connectivity index (χ4n) is 7.22. The van der Waals surface area contributed by atoms with Crippen LogP contribution in [0.2, 0.25) is 0 Å². The van der Waals surface area contributed by atoms with Crippen LogP contribution in [0.3, 0.4) is 0 Å². The number of halogens is 1. The van der Waals surface area contributed by atoms with E-state index in [2.05, 4.69) is 10.6 Å². The number of nitrogens with zero attached hydrogens (tertiary/aromatic N) is 2. The van der Waals surface area contributed by atoms with Crippen molar-refractivity contribution in [1.82, 2.24) is 10.2 Å². The molecule has 48 heavy (non-hydrogen) atoms. The molecule has 12 nitrogen and oxygen atoms in total. The zero-order chi connectivity index (χ0) is 33.9. The van der Waals surface area contributed by atoms with Crippen LogP contribution >= 0.6 is 0 Å². The van der Waals surface area contributed by atoms with Gasteiger partial charge >= 0.3 is 0 Å². The maximum atomic E-state index is 15.3. The summed E-state index contributed by atoms with van der Waals surface area (Å²) in [5.74, 6) is -3.43. The van der Waals surface area contributed by atoms with Crippen LogP contribution in [0.25, 0.3) is 5.57 Å². The lowest BCUT2D eigenvalue weighted by atomic mass is 9.60. The van der Waals surface area contributed by atoms with Crippen LogP contribution in [-0.4, -0.2) is 70.4 Å². The number of aromatic hydroxyl groups is 1. The summed E-state index contributed by atoms with van der Waals surface area (Å²) in [6.45, 7) is 1.18. The van der Waals surface area contributed by atoms with Crippen LogP contribution in [0.4, 0.5) is 15.8 Å². The zero-order valence-electron chi connectivity index (χ0n) is 25.7. The van der Waals surface area contributed by atoms with Crippen molar-refractivity contribution in [2.75, 3.05) is 23.3 Å². The van der Waals surface area contributed by atoms with E-state index in [1.165, 1.54) is 18.2 Å². The van der Waals surface area contributed by atoms with Crippen LogP contribution in [0, 0.1) is 22.1 Å². The average Bonchev–Trinajstić information content (AvgIpc) is 3.24. The molecular weight excluding hydrogens is 617 g/mol. The normalized spacial score (nSPS) is 20.3. The molecule has 3 aromatic rings. The molecule has 2 saturated heterocycles. The van der Waals surface area contributed by atoms with Gasteiger partial charge in [-0.15, -0.1) is 0 Å². The Kier molecular flexibility index (Phi) is 7.34. The number of carbonyl (C=O) groups excluding carboxylic acids is 4. The van der Waals surface area contributed by atoms with Gasteiger partial charge in [-0.3, -0.25) is 34.8 Å². The molecule has 3 aromatic carbocycles. The molecule has 0 bridgehead atoms. The highest BCUT2D eigenvalue weighted by Gasteiger charge is 2.53. The van der Waals surface area contributed by atoms with Crippen molar-refractivity contribution >= 4 is 52.1 Å². The van der Waals surface area contributed by atoms with Crippen LogP contribution in [0.1, 0.15) is 57.5 Å². The van der Waals surface area contributed by atoms with E-state index in [-0.39, 0.29) is 58.4 Å². The minimum absolute atomic E-state index is 0.00442. The van der Waals surface area contributed by atoms with E-state index in [1.807, 2.05) is 29.2 Å². The third-order valence-corrected chi connectivity index (χ3v) is 9.60. The molecule has 1 unspecified atom stereocenters. The second kappa shape index (κ2) is 11.4. The minimum Gasteiger partial charge on any atom is -0.507 e. The lowest BCUT2D eigenvalue weighted by Crippen LogP contribution is -2.65. The fraction of sp³-hybridized carbons (Fsp3) is 0.257. The zero-order valence-corrected chi connectivity index (χ0v) is 25.7. The second-order valence-corrected chi connectivity index (χ2v) is 12.9. The Labute approximate surface area is 274 Å². The first kappa shape index (κ1) is 30.8. The minimum atomic E-state index is -1.11. The number of nitrogens with one attached hydrogen (secondary N) is 4. The Morgan fingerprint density at radius 1 is 1.00 bits per heavy atom. The van der Waals surface area contributed by atoms with Crippen molar-refractivity contribution in [1.29, 1.82) is 10.8 Å². The summed E-state index contributed by atoms with van der Waals surface area (Å²) in [5.41, 5.74) is 8.30. The van der Waals surface area contributed by atoms with Crippen molar-refractivity contribution in [3.05, 3.63) is 94.8 Å². The maximum absolute atomic E-state index is 15.3. The Morgan fingerprint density at radius 3 is 2.31 bits per heavy atom. The molecule has 3 fully saturated rings. The SMILES string of the molecule is N=C(N)/C(=C\C(=N)c1ccccc1O)c1ccc(NC2CC3(C2)CN(c2cc4c(cc2F)C(=O)N(C2CCC(=O)NC2=O)C4=O)C3)cc1. The summed E-state index contributed by atoms with van der Waals surface area (Å²) in [6, 6.07) is 15.4. The molecular formula is C35H32FN7O5. The summed E-state index contributed by atoms with van der Waals surface area (Å²) in [4.78, 5) is 52.8. The molecule has 0 radical (unpaired) electrons. The number of amides is 4. The number of allylic oxidation sites excluding steroid dienone is 1. The van der Waals surface area contributed by atoms with Crippen molar-refractivity contribution in [3.63, 3.8) is 0 Å². The van der Waals surface area contributed by atoms with Crippen molar-refractivity contribution in [2.45, 2.75) is 37.8 Å². The number of anilines is 2. The largest absolute Gasteiger partial charge is 0.507 e. The van der Waals surface area contributed by atoms with E-state index < -0.39 is 35.5 Å². The van der Waals surface area contributed by atoms with Gasteiger partial charge in [-0.25, -0.2) is 4.39 Å². The van der Waals surface area contributed by atoms with Gasteiger partial charge in [0.05, 0.1) is 22.5 Å². The lowest BCUT2D eigenvalue weighted by Gasteiger charge is -2.60. The number of rotatable bonds is 8. The van der Waals surface area contributed by atoms with Crippen molar-refractivity contribution in [2.24, 2.45) is 11.1 Å². The monoisotopic (exact) mass is 649 g/mol. The quantitative estimate of drug-likeness (QED) is 0.121. The number of para-hydroxylation sites is 1. The highest BCUT2D eigenvalue weighted by Crippen LogP contribution is 2.51. The smallest absolute Gasteiger partial charge is 0.262 e. The third kappa shape index (κ3) is 5.26. The number of nitrogens with two attached hydrogens (primary N) is 1. The highest BCUT2D eigenvalue weighted by atomic mass is 19.1. The first-order valence-corrected chi connectivity index (χ1v) is 15.5. The van der Waals surface area contributed by atoms with E-state index in [9.17, 15) is 24.3 Å². The summed E-state index contributed by atoms with van der Waals surface area (Å²) in [6.07, 6.45) is 3.21. The van der Waals surface area contributed by atoms with Gasteiger partial charge in [0.15, 0.2) is 0 Å². The first-order chi connectivity index (χ1) is 22.9. The molecule has 4 aliphatic rings. The van der Waals surface area contributed by atoms with Gasteiger partial charge in [0.25, 0.3) is 11.8 Å². The molecule has 1 spiro atoms. The van der Waals surface area contributed by atoms with E-state index >= 15 is 4.39 Å². The Hall–Kier alpha value is -5.85. The number of phenolic OH excluding ortho intramolecular Hbond substituents is 1. The van der Waals surface area contributed by atoms with Gasteiger partial charge in [-0.2, -0.15) is 0 Å². The van der Waals surface area contributed by atoms with E-state index in [4.69, 9.17) is 16.6 Å². The maximum Gasteiger partial charge on any atom is 0.262 e. The van der Waals surface area contributed by atoms with E-state index in [1.54, 1.807) is 18.2 Å². The number of benzene rings is 3. The molecule has 1 atom stereocenters. The molecule has 1 saturated carbocycles. The molecule has 7 N–H and O–H groups in total. The van der Waals surface area contributed by atoms with Gasteiger partial charge in [0.1, 0.15) is 23.4 Å². The van der Waals surface area contributed by atoms with E-state index in [0.717, 1.165) is 29.5 Å². The van der Waals surface area contributed by atoms with Gasteiger partial charge < -0.3 is 26.5 Å². The van der Waals surface area contributed by atoms with Gasteiger partial charge in [0, 0.05) is 47.8 Å². The summed E-state index contributed by atoms with van der Waals surface area (Å²) < 4.78 is 15.3. The predicted molar refractivity (Wildman–Crippen MR) is 176 cm³/mol. The molecule has 4 amide bonds. The van der Waals surface area contributed by atoms with Gasteiger partial charge in [0.2, 0.25) is 11.8 Å². The molecule has 3 aliphatic heterocycles. The first-order valence-electron chi connectivity index (χ1n) is 15.5. The van der Waals surface area contributed by atoms with Crippen LogP contribution in [0.5, 0.6) is 5.75 Å². The topological polar surface area (TPSA) is 193 Å². The lowest BCUT2D eigenvalue weighted by molar-refractivity contribution is -0.136. The third-order valence-electron chi connectivity index (χ3n) is 9.60. The number of hydrogen-bond acceptors (Lipinski definition) is 9. The standard InChI is InChI=1S/C35H32FN7O5/c36-25-11-23-24(34(48)43(33(23)47)27-9-10-30(45)41-32(27)46)13-28(25)42-16-35(17-42)14-20(15-35)40-19-7-5-18(6-8-19)22(31(38)39)12-26(37)21-3-1-2-4-29(21)44/h1-8,11-13,20,27,37,40,44H,9-10,14-17H2,(H3,38,39)(H,41,45,46)/b22-12-,37-26?. The van der Waals surface area contributed by atoms with Crippen LogP contribution < -0.4 is 21.3 Å².